The molecular weight excluding hydrogens is 230 g/mol. The topological polar surface area (TPSA) is 35.2 Å². The van der Waals surface area contributed by atoms with Crippen LogP contribution in [0, 0.1) is 0 Å². The van der Waals surface area contributed by atoms with Gasteiger partial charge in [0.05, 0.1) is 17.0 Å². The first-order valence-corrected chi connectivity index (χ1v) is 5.57. The van der Waals surface area contributed by atoms with E-state index in [2.05, 4.69) is 0 Å². The highest BCUT2D eigenvalue weighted by atomic mass is 35.5. The Morgan fingerprint density at radius 2 is 2.07 bits per heavy atom. The maximum atomic E-state index is 5.85. The van der Waals surface area contributed by atoms with Crippen LogP contribution in [-0.4, -0.2) is 18.2 Å². The van der Waals surface area contributed by atoms with Gasteiger partial charge in [0.1, 0.15) is 0 Å². The standard InChI is InChI=1S/C11H12ClNOS/c12-9-3-1-8(2-4-9)11(10(13)15)5-6-14-7-11/h1-4H,5-7H2,(H2,13,15). The predicted octanol–water partition coefficient (Wildman–Crippen LogP) is 2.28. The minimum absolute atomic E-state index is 0.292. The molecule has 1 aromatic rings. The van der Waals surface area contributed by atoms with Gasteiger partial charge < -0.3 is 10.5 Å². The molecule has 1 fully saturated rings. The minimum atomic E-state index is -0.292. The van der Waals surface area contributed by atoms with Gasteiger partial charge in [-0.05, 0) is 24.1 Å². The Hall–Kier alpha value is -0.640. The number of benzene rings is 1. The Morgan fingerprint density at radius 3 is 2.53 bits per heavy atom. The number of thiocarbonyl (C=S) groups is 1. The number of halogens is 1. The van der Waals surface area contributed by atoms with Crippen molar-refractivity contribution >= 4 is 28.8 Å². The molecule has 2 rings (SSSR count). The van der Waals surface area contributed by atoms with Crippen molar-refractivity contribution in [3.05, 3.63) is 34.9 Å². The second kappa shape index (κ2) is 4.08. The monoisotopic (exact) mass is 241 g/mol. The van der Waals surface area contributed by atoms with Gasteiger partial charge in [0.2, 0.25) is 0 Å². The van der Waals surface area contributed by atoms with Crippen LogP contribution in [0.15, 0.2) is 24.3 Å². The van der Waals surface area contributed by atoms with E-state index in [1.54, 1.807) is 0 Å². The Balaban J connectivity index is 2.41. The Bertz CT molecular complexity index is 371. The average Bonchev–Trinajstić information content (AvgIpc) is 2.69. The van der Waals surface area contributed by atoms with Crippen LogP contribution >= 0.6 is 23.8 Å². The van der Waals surface area contributed by atoms with E-state index in [0.717, 1.165) is 17.0 Å². The second-order valence-electron chi connectivity index (χ2n) is 3.76. The highest BCUT2D eigenvalue weighted by Gasteiger charge is 2.39. The van der Waals surface area contributed by atoms with Crippen LogP contribution in [0.2, 0.25) is 5.02 Å². The first kappa shape index (κ1) is 10.9. The Kier molecular flexibility index (Phi) is 2.96. The molecule has 1 unspecified atom stereocenters. The zero-order valence-corrected chi connectivity index (χ0v) is 9.77. The van der Waals surface area contributed by atoms with E-state index in [-0.39, 0.29) is 5.41 Å². The molecule has 15 heavy (non-hydrogen) atoms. The molecule has 0 bridgehead atoms. The lowest BCUT2D eigenvalue weighted by Gasteiger charge is -2.26. The normalized spacial score (nSPS) is 25.4. The highest BCUT2D eigenvalue weighted by molar-refractivity contribution is 7.80. The van der Waals surface area contributed by atoms with Gasteiger partial charge in [-0.2, -0.15) is 0 Å². The van der Waals surface area contributed by atoms with Crippen molar-refractivity contribution in [2.24, 2.45) is 5.73 Å². The summed E-state index contributed by atoms with van der Waals surface area (Å²) in [4.78, 5) is 0.502. The molecular formula is C11H12ClNOS. The zero-order chi connectivity index (χ0) is 10.9. The molecule has 1 atom stereocenters. The fourth-order valence-corrected chi connectivity index (χ4v) is 2.30. The van der Waals surface area contributed by atoms with Gasteiger partial charge in [0.25, 0.3) is 0 Å². The maximum absolute atomic E-state index is 5.85. The quantitative estimate of drug-likeness (QED) is 0.807. The van der Waals surface area contributed by atoms with Gasteiger partial charge in [-0.3, -0.25) is 0 Å². The van der Waals surface area contributed by atoms with Crippen LogP contribution in [0.1, 0.15) is 12.0 Å². The first-order chi connectivity index (χ1) is 7.15. The molecule has 1 aliphatic heterocycles. The second-order valence-corrected chi connectivity index (χ2v) is 4.63. The van der Waals surface area contributed by atoms with Gasteiger partial charge in [-0.25, -0.2) is 0 Å². The van der Waals surface area contributed by atoms with Crippen molar-refractivity contribution in [2.45, 2.75) is 11.8 Å². The number of nitrogens with two attached hydrogens (primary N) is 1. The summed E-state index contributed by atoms with van der Waals surface area (Å²) in [5.74, 6) is 0. The molecule has 0 amide bonds. The van der Waals surface area contributed by atoms with Gasteiger partial charge >= 0.3 is 0 Å². The van der Waals surface area contributed by atoms with Crippen LogP contribution in [0.25, 0.3) is 0 Å². The lowest BCUT2D eigenvalue weighted by atomic mass is 9.80. The molecule has 1 aromatic carbocycles. The number of hydrogen-bond donors (Lipinski definition) is 1. The number of ether oxygens (including phenoxy) is 1. The van der Waals surface area contributed by atoms with Crippen molar-refractivity contribution in [1.29, 1.82) is 0 Å². The summed E-state index contributed by atoms with van der Waals surface area (Å²) in [6.45, 7) is 1.28. The van der Waals surface area contributed by atoms with Crippen molar-refractivity contribution in [1.82, 2.24) is 0 Å². The van der Waals surface area contributed by atoms with Gasteiger partial charge in [0, 0.05) is 11.6 Å². The van der Waals surface area contributed by atoms with Crippen molar-refractivity contribution in [2.75, 3.05) is 13.2 Å². The van der Waals surface area contributed by atoms with E-state index in [1.165, 1.54) is 0 Å². The predicted molar refractivity (Wildman–Crippen MR) is 65.4 cm³/mol. The van der Waals surface area contributed by atoms with E-state index in [0.29, 0.717) is 18.2 Å². The van der Waals surface area contributed by atoms with Gasteiger partial charge in [-0.15, -0.1) is 0 Å². The molecule has 0 spiro atoms. The van der Waals surface area contributed by atoms with E-state index < -0.39 is 0 Å². The third kappa shape index (κ3) is 1.87. The molecule has 0 aromatic heterocycles. The van der Waals surface area contributed by atoms with Gasteiger partial charge in [0.15, 0.2) is 0 Å². The van der Waals surface area contributed by atoms with Crippen LogP contribution < -0.4 is 5.73 Å². The fourth-order valence-electron chi connectivity index (χ4n) is 1.90. The van der Waals surface area contributed by atoms with Crippen LogP contribution in [0.4, 0.5) is 0 Å². The molecule has 2 nitrogen and oxygen atoms in total. The maximum Gasteiger partial charge on any atom is 0.0858 e. The molecule has 0 saturated carbocycles. The van der Waals surface area contributed by atoms with Gasteiger partial charge in [-0.1, -0.05) is 36.0 Å². The average molecular weight is 242 g/mol. The summed E-state index contributed by atoms with van der Waals surface area (Å²) in [5.41, 5.74) is 6.62. The summed E-state index contributed by atoms with van der Waals surface area (Å²) < 4.78 is 5.41. The molecule has 1 heterocycles. The van der Waals surface area contributed by atoms with E-state index in [1.807, 2.05) is 24.3 Å². The molecule has 1 saturated heterocycles. The molecule has 2 N–H and O–H groups in total. The van der Waals surface area contributed by atoms with E-state index in [9.17, 15) is 0 Å². The molecule has 1 aliphatic rings. The highest BCUT2D eigenvalue weighted by Crippen LogP contribution is 2.34. The third-order valence-electron chi connectivity index (χ3n) is 2.89. The van der Waals surface area contributed by atoms with Crippen LogP contribution in [0.3, 0.4) is 0 Å². The lowest BCUT2D eigenvalue weighted by Crippen LogP contribution is -2.40. The van der Waals surface area contributed by atoms with Crippen molar-refractivity contribution in [3.63, 3.8) is 0 Å². The zero-order valence-electron chi connectivity index (χ0n) is 8.20. The first-order valence-electron chi connectivity index (χ1n) is 4.79. The van der Waals surface area contributed by atoms with E-state index in [4.69, 9.17) is 34.3 Å². The number of hydrogen-bond acceptors (Lipinski definition) is 2. The molecule has 4 heteroatoms. The van der Waals surface area contributed by atoms with Crippen LogP contribution in [0.5, 0.6) is 0 Å². The Labute approximate surface area is 99.4 Å². The van der Waals surface area contributed by atoms with Crippen molar-refractivity contribution < 1.29 is 4.74 Å². The van der Waals surface area contributed by atoms with Crippen molar-refractivity contribution in [3.8, 4) is 0 Å². The fraction of sp³-hybridized carbons (Fsp3) is 0.364. The lowest BCUT2D eigenvalue weighted by molar-refractivity contribution is 0.188. The largest absolute Gasteiger partial charge is 0.393 e. The molecule has 80 valence electrons. The van der Waals surface area contributed by atoms with Crippen LogP contribution in [-0.2, 0) is 10.2 Å². The van der Waals surface area contributed by atoms with E-state index >= 15 is 0 Å². The minimum Gasteiger partial charge on any atom is -0.393 e. The smallest absolute Gasteiger partial charge is 0.0858 e. The summed E-state index contributed by atoms with van der Waals surface area (Å²) in [5, 5.41) is 0.718. The Morgan fingerprint density at radius 1 is 1.40 bits per heavy atom. The summed E-state index contributed by atoms with van der Waals surface area (Å²) >= 11 is 11.0. The SMILES string of the molecule is NC(=S)C1(c2ccc(Cl)cc2)CCOC1. The summed E-state index contributed by atoms with van der Waals surface area (Å²) in [6.07, 6.45) is 0.851. The number of rotatable bonds is 2. The third-order valence-corrected chi connectivity index (χ3v) is 3.53. The summed E-state index contributed by atoms with van der Waals surface area (Å²) in [6, 6.07) is 7.65. The summed E-state index contributed by atoms with van der Waals surface area (Å²) in [7, 11) is 0. The molecule has 0 aliphatic carbocycles. The molecule has 0 radical (unpaired) electrons.